The van der Waals surface area contributed by atoms with E-state index in [2.05, 4.69) is 4.98 Å². The molecule has 13 heavy (non-hydrogen) atoms. The molecule has 1 atom stereocenters. The number of pyridine rings is 1. The maximum absolute atomic E-state index is 5.83. The predicted molar refractivity (Wildman–Crippen MR) is 47.9 cm³/mol. The molecular formula is C9H12N2O2. The fraction of sp³-hybridized carbons (Fsp3) is 0.444. The van der Waals surface area contributed by atoms with Gasteiger partial charge in [0, 0.05) is 11.8 Å². The van der Waals surface area contributed by atoms with Crippen molar-refractivity contribution in [2.24, 2.45) is 5.73 Å². The van der Waals surface area contributed by atoms with Gasteiger partial charge in [-0.25, -0.2) is 4.98 Å². The molecule has 2 N–H and O–H groups in total. The van der Waals surface area contributed by atoms with Gasteiger partial charge in [-0.05, 0) is 6.92 Å². The number of nitrogens with zero attached hydrogens (tertiary/aromatic N) is 1. The molecule has 1 aromatic heterocycles. The van der Waals surface area contributed by atoms with E-state index in [1.165, 1.54) is 0 Å². The molecule has 1 unspecified atom stereocenters. The molecule has 2 heterocycles. The van der Waals surface area contributed by atoms with E-state index in [9.17, 15) is 0 Å². The Morgan fingerprint density at radius 3 is 3.15 bits per heavy atom. The summed E-state index contributed by atoms with van der Waals surface area (Å²) in [6.45, 7) is 2.39. The SMILES string of the molecule is COc1cc(C)nc2c1C(N)CO2. The Kier molecular flexibility index (Phi) is 1.84. The van der Waals surface area contributed by atoms with Gasteiger partial charge >= 0.3 is 0 Å². The van der Waals surface area contributed by atoms with Gasteiger partial charge in [0.25, 0.3) is 0 Å². The average molecular weight is 180 g/mol. The number of nitrogens with two attached hydrogens (primary N) is 1. The summed E-state index contributed by atoms with van der Waals surface area (Å²) < 4.78 is 10.5. The normalized spacial score (nSPS) is 19.5. The minimum absolute atomic E-state index is 0.113. The van der Waals surface area contributed by atoms with Gasteiger partial charge in [0.15, 0.2) is 0 Å². The highest BCUT2D eigenvalue weighted by atomic mass is 16.5. The zero-order valence-electron chi connectivity index (χ0n) is 7.70. The van der Waals surface area contributed by atoms with Crippen LogP contribution in [0.4, 0.5) is 0 Å². The smallest absolute Gasteiger partial charge is 0.222 e. The number of aryl methyl sites for hydroxylation is 1. The summed E-state index contributed by atoms with van der Waals surface area (Å²) in [6, 6.07) is 1.76. The third-order valence-corrected chi connectivity index (χ3v) is 2.10. The van der Waals surface area contributed by atoms with Crippen LogP contribution in [0.3, 0.4) is 0 Å². The lowest BCUT2D eigenvalue weighted by molar-refractivity contribution is 0.323. The molecule has 0 amide bonds. The maximum atomic E-state index is 5.83. The Morgan fingerprint density at radius 2 is 2.46 bits per heavy atom. The van der Waals surface area contributed by atoms with Crippen LogP contribution >= 0.6 is 0 Å². The molecule has 0 radical (unpaired) electrons. The van der Waals surface area contributed by atoms with Crippen LogP contribution in [0.15, 0.2) is 6.07 Å². The number of rotatable bonds is 1. The highest BCUT2D eigenvalue weighted by Gasteiger charge is 2.26. The third-order valence-electron chi connectivity index (χ3n) is 2.10. The van der Waals surface area contributed by atoms with Crippen molar-refractivity contribution in [3.05, 3.63) is 17.3 Å². The number of hydrogen-bond donors (Lipinski definition) is 1. The summed E-state index contributed by atoms with van der Waals surface area (Å²) >= 11 is 0. The summed E-state index contributed by atoms with van der Waals surface area (Å²) in [4.78, 5) is 4.23. The summed E-state index contributed by atoms with van der Waals surface area (Å²) in [5.41, 5.74) is 7.59. The van der Waals surface area contributed by atoms with Crippen molar-refractivity contribution in [2.45, 2.75) is 13.0 Å². The number of methoxy groups -OCH3 is 1. The molecule has 0 aliphatic carbocycles. The number of hydrogen-bond acceptors (Lipinski definition) is 4. The van der Waals surface area contributed by atoms with Gasteiger partial charge in [-0.15, -0.1) is 0 Å². The van der Waals surface area contributed by atoms with Crippen molar-refractivity contribution >= 4 is 0 Å². The van der Waals surface area contributed by atoms with E-state index in [-0.39, 0.29) is 6.04 Å². The van der Waals surface area contributed by atoms with Crippen molar-refractivity contribution in [2.75, 3.05) is 13.7 Å². The lowest BCUT2D eigenvalue weighted by Gasteiger charge is -2.08. The van der Waals surface area contributed by atoms with Crippen molar-refractivity contribution in [3.8, 4) is 11.6 Å². The summed E-state index contributed by atoms with van der Waals surface area (Å²) in [6.07, 6.45) is 0. The molecule has 1 aliphatic heterocycles. The number of ether oxygens (including phenoxy) is 2. The first-order valence-electron chi connectivity index (χ1n) is 4.16. The van der Waals surface area contributed by atoms with E-state index in [1.807, 2.05) is 13.0 Å². The summed E-state index contributed by atoms with van der Waals surface area (Å²) in [5, 5.41) is 0. The van der Waals surface area contributed by atoms with E-state index in [0.29, 0.717) is 12.5 Å². The van der Waals surface area contributed by atoms with Crippen LogP contribution in [0.25, 0.3) is 0 Å². The monoisotopic (exact) mass is 180 g/mol. The first-order chi connectivity index (χ1) is 6.22. The predicted octanol–water partition coefficient (Wildman–Crippen LogP) is 0.791. The van der Waals surface area contributed by atoms with Gasteiger partial charge < -0.3 is 15.2 Å². The van der Waals surface area contributed by atoms with E-state index < -0.39 is 0 Å². The molecule has 1 aromatic rings. The van der Waals surface area contributed by atoms with Crippen LogP contribution in [0.1, 0.15) is 17.3 Å². The Bertz CT molecular complexity index is 339. The molecule has 0 fully saturated rings. The van der Waals surface area contributed by atoms with Crippen molar-refractivity contribution in [1.29, 1.82) is 0 Å². The Morgan fingerprint density at radius 1 is 1.69 bits per heavy atom. The Balaban J connectivity index is 2.57. The number of fused-ring (bicyclic) bond motifs is 1. The first-order valence-corrected chi connectivity index (χ1v) is 4.16. The lowest BCUT2D eigenvalue weighted by atomic mass is 10.1. The Labute approximate surface area is 76.7 Å². The van der Waals surface area contributed by atoms with E-state index in [4.69, 9.17) is 15.2 Å². The van der Waals surface area contributed by atoms with Crippen LogP contribution in [-0.4, -0.2) is 18.7 Å². The highest BCUT2D eigenvalue weighted by molar-refractivity contribution is 5.46. The van der Waals surface area contributed by atoms with Crippen molar-refractivity contribution in [1.82, 2.24) is 4.98 Å². The second-order valence-corrected chi connectivity index (χ2v) is 3.10. The summed E-state index contributed by atoms with van der Waals surface area (Å²) in [7, 11) is 1.63. The molecule has 1 aliphatic rings. The molecule has 4 nitrogen and oxygen atoms in total. The Hall–Kier alpha value is -1.29. The molecule has 0 saturated heterocycles. The fourth-order valence-electron chi connectivity index (χ4n) is 1.50. The van der Waals surface area contributed by atoms with Gasteiger partial charge in [-0.3, -0.25) is 0 Å². The second kappa shape index (κ2) is 2.88. The minimum atomic E-state index is -0.113. The molecule has 0 spiro atoms. The average Bonchev–Trinajstić information content (AvgIpc) is 2.46. The fourth-order valence-corrected chi connectivity index (χ4v) is 1.50. The van der Waals surface area contributed by atoms with Crippen LogP contribution in [0.5, 0.6) is 11.6 Å². The van der Waals surface area contributed by atoms with Gasteiger partial charge in [0.2, 0.25) is 5.88 Å². The molecule has 0 saturated carbocycles. The van der Waals surface area contributed by atoms with E-state index in [1.54, 1.807) is 7.11 Å². The molecule has 2 rings (SSSR count). The highest BCUT2D eigenvalue weighted by Crippen LogP contribution is 2.36. The van der Waals surface area contributed by atoms with Gasteiger partial charge in [0.05, 0.1) is 18.7 Å². The van der Waals surface area contributed by atoms with Gasteiger partial charge in [-0.1, -0.05) is 0 Å². The second-order valence-electron chi connectivity index (χ2n) is 3.10. The first kappa shape index (κ1) is 8.31. The number of aromatic nitrogens is 1. The molecule has 70 valence electrons. The molecule has 4 heteroatoms. The molecular weight excluding hydrogens is 168 g/mol. The van der Waals surface area contributed by atoms with Crippen LogP contribution in [-0.2, 0) is 0 Å². The zero-order valence-corrected chi connectivity index (χ0v) is 7.70. The maximum Gasteiger partial charge on any atom is 0.222 e. The van der Waals surface area contributed by atoms with Crippen molar-refractivity contribution < 1.29 is 9.47 Å². The van der Waals surface area contributed by atoms with E-state index in [0.717, 1.165) is 17.0 Å². The molecule has 0 bridgehead atoms. The molecule has 0 aromatic carbocycles. The van der Waals surface area contributed by atoms with Crippen LogP contribution in [0.2, 0.25) is 0 Å². The largest absolute Gasteiger partial charge is 0.496 e. The topological polar surface area (TPSA) is 57.4 Å². The van der Waals surface area contributed by atoms with Gasteiger partial charge in [-0.2, -0.15) is 0 Å². The zero-order chi connectivity index (χ0) is 9.42. The lowest BCUT2D eigenvalue weighted by Crippen LogP contribution is -2.11. The van der Waals surface area contributed by atoms with Crippen LogP contribution < -0.4 is 15.2 Å². The third kappa shape index (κ3) is 1.23. The quantitative estimate of drug-likeness (QED) is 0.694. The van der Waals surface area contributed by atoms with Gasteiger partial charge in [0.1, 0.15) is 12.4 Å². The standard InChI is InChI=1S/C9H12N2O2/c1-5-3-7(12-2)8-6(10)4-13-9(8)11-5/h3,6H,4,10H2,1-2H3. The minimum Gasteiger partial charge on any atom is -0.496 e. The van der Waals surface area contributed by atoms with E-state index >= 15 is 0 Å². The van der Waals surface area contributed by atoms with Crippen LogP contribution in [0, 0.1) is 6.92 Å². The van der Waals surface area contributed by atoms with Crippen molar-refractivity contribution in [3.63, 3.8) is 0 Å². The summed E-state index contributed by atoms with van der Waals surface area (Å²) in [5.74, 6) is 1.39.